The van der Waals surface area contributed by atoms with Crippen molar-refractivity contribution < 1.29 is 13.2 Å². The minimum absolute atomic E-state index is 0.0898. The Morgan fingerprint density at radius 2 is 1.84 bits per heavy atom. The Morgan fingerprint density at radius 1 is 0.919 bits per heavy atom. The molecule has 0 unspecified atom stereocenters. The van der Waals surface area contributed by atoms with E-state index in [-0.39, 0.29) is 13.0 Å². The van der Waals surface area contributed by atoms with E-state index in [1.54, 1.807) is 36.0 Å². The Kier molecular flexibility index (Phi) is 4.93. The van der Waals surface area contributed by atoms with Crippen LogP contribution >= 0.6 is 0 Å². The van der Waals surface area contributed by atoms with E-state index in [2.05, 4.69) is 37.3 Å². The first-order chi connectivity index (χ1) is 18.0. The second-order valence-electron chi connectivity index (χ2n) is 9.57. The molecule has 7 nitrogen and oxygen atoms in total. The normalized spacial score (nSPS) is 15.7. The summed E-state index contributed by atoms with van der Waals surface area (Å²) in [7, 11) is 0. The number of aromatic nitrogens is 5. The fourth-order valence-electron chi connectivity index (χ4n) is 5.16. The molecule has 0 saturated carbocycles. The predicted molar refractivity (Wildman–Crippen MR) is 137 cm³/mol. The van der Waals surface area contributed by atoms with E-state index in [4.69, 9.17) is 4.42 Å². The van der Waals surface area contributed by atoms with Gasteiger partial charge in [0.25, 0.3) is 5.92 Å². The number of alkyl halides is 2. The summed E-state index contributed by atoms with van der Waals surface area (Å²) in [5.41, 5.74) is 8.26. The topological polar surface area (TPSA) is 86.6 Å². The summed E-state index contributed by atoms with van der Waals surface area (Å²) in [6, 6.07) is 12.1. The Hall–Kier alpha value is -4.37. The van der Waals surface area contributed by atoms with Crippen molar-refractivity contribution in [3.05, 3.63) is 79.3 Å². The van der Waals surface area contributed by atoms with Crippen LogP contribution in [0, 0.1) is 0 Å². The first-order valence-corrected chi connectivity index (χ1v) is 12.0. The number of nitrogens with zero attached hydrogens (tertiary/aromatic N) is 4. The van der Waals surface area contributed by atoms with E-state index in [1.807, 2.05) is 30.5 Å². The molecule has 6 heterocycles. The molecule has 0 aliphatic carbocycles. The quantitative estimate of drug-likeness (QED) is 0.294. The summed E-state index contributed by atoms with van der Waals surface area (Å²) < 4.78 is 32.5. The van der Waals surface area contributed by atoms with Gasteiger partial charge in [0.05, 0.1) is 42.0 Å². The van der Waals surface area contributed by atoms with E-state index >= 15 is 0 Å². The Balaban J connectivity index is 1.24. The zero-order chi connectivity index (χ0) is 25.0. The second-order valence-corrected chi connectivity index (χ2v) is 9.57. The average molecular weight is 497 g/mol. The number of furan rings is 1. The van der Waals surface area contributed by atoms with Gasteiger partial charge < -0.3 is 9.40 Å². The molecule has 1 aromatic carbocycles. The summed E-state index contributed by atoms with van der Waals surface area (Å²) in [5.74, 6) is -2.61. The van der Waals surface area contributed by atoms with Crippen LogP contribution in [-0.4, -0.2) is 49.1 Å². The molecule has 6 aromatic rings. The van der Waals surface area contributed by atoms with Crippen LogP contribution in [0.1, 0.15) is 12.0 Å². The predicted octanol–water partition coefficient (Wildman–Crippen LogP) is 6.27. The zero-order valence-electron chi connectivity index (χ0n) is 19.7. The molecular weight excluding hydrogens is 474 g/mol. The third kappa shape index (κ3) is 3.97. The van der Waals surface area contributed by atoms with Crippen molar-refractivity contribution in [2.75, 3.05) is 13.1 Å². The molecule has 184 valence electrons. The lowest BCUT2D eigenvalue weighted by Gasteiger charge is -2.15. The van der Waals surface area contributed by atoms with Gasteiger partial charge in [-0.05, 0) is 41.5 Å². The number of aromatic amines is 2. The van der Waals surface area contributed by atoms with Crippen LogP contribution in [0.2, 0.25) is 0 Å². The van der Waals surface area contributed by atoms with Gasteiger partial charge in [-0.1, -0.05) is 6.07 Å². The van der Waals surface area contributed by atoms with E-state index in [1.165, 1.54) is 0 Å². The number of rotatable bonds is 5. The number of benzene rings is 1. The van der Waals surface area contributed by atoms with Crippen LogP contribution in [0.15, 0.2) is 78.1 Å². The lowest BCUT2D eigenvalue weighted by atomic mass is 10.0. The summed E-state index contributed by atoms with van der Waals surface area (Å²) in [6.45, 7) is 0.644. The lowest BCUT2D eigenvalue weighted by Crippen LogP contribution is -2.24. The van der Waals surface area contributed by atoms with Gasteiger partial charge in [0.1, 0.15) is 5.69 Å². The van der Waals surface area contributed by atoms with Crippen LogP contribution in [0.25, 0.3) is 55.4 Å². The molecule has 37 heavy (non-hydrogen) atoms. The molecule has 1 aliphatic rings. The lowest BCUT2D eigenvalue weighted by molar-refractivity contribution is 0.0115. The minimum Gasteiger partial charge on any atom is -0.472 e. The summed E-state index contributed by atoms with van der Waals surface area (Å²) in [4.78, 5) is 14.0. The van der Waals surface area contributed by atoms with Crippen molar-refractivity contribution in [1.29, 1.82) is 0 Å². The fraction of sp³-hybridized carbons (Fsp3) is 0.179. The third-order valence-electron chi connectivity index (χ3n) is 6.98. The highest BCUT2D eigenvalue weighted by molar-refractivity contribution is 6.01. The highest BCUT2D eigenvalue weighted by Gasteiger charge is 2.37. The van der Waals surface area contributed by atoms with E-state index in [9.17, 15) is 8.78 Å². The summed E-state index contributed by atoms with van der Waals surface area (Å²) in [5, 5.41) is 9.72. The van der Waals surface area contributed by atoms with Crippen molar-refractivity contribution >= 4 is 21.8 Å². The molecule has 9 heteroatoms. The maximum absolute atomic E-state index is 13.6. The first-order valence-electron chi connectivity index (χ1n) is 12.0. The van der Waals surface area contributed by atoms with E-state index in [0.29, 0.717) is 13.1 Å². The molecule has 0 radical (unpaired) electrons. The smallest absolute Gasteiger partial charge is 0.261 e. The van der Waals surface area contributed by atoms with Gasteiger partial charge >= 0.3 is 0 Å². The van der Waals surface area contributed by atoms with Gasteiger partial charge in [0.2, 0.25) is 0 Å². The van der Waals surface area contributed by atoms with Crippen molar-refractivity contribution in [3.8, 4) is 33.6 Å². The number of halogens is 2. The third-order valence-corrected chi connectivity index (χ3v) is 6.98. The molecule has 0 atom stereocenters. The van der Waals surface area contributed by atoms with E-state index < -0.39 is 5.92 Å². The minimum atomic E-state index is -2.61. The van der Waals surface area contributed by atoms with Crippen LogP contribution in [0.4, 0.5) is 8.78 Å². The highest BCUT2D eigenvalue weighted by Crippen LogP contribution is 2.35. The molecule has 1 aliphatic heterocycles. The van der Waals surface area contributed by atoms with Crippen LogP contribution < -0.4 is 0 Å². The second kappa shape index (κ2) is 8.35. The van der Waals surface area contributed by atoms with Gasteiger partial charge in [-0.3, -0.25) is 20.0 Å². The van der Waals surface area contributed by atoms with Gasteiger partial charge in [-0.2, -0.15) is 5.10 Å². The molecular formula is C28H22F2N6O. The fourth-order valence-corrected chi connectivity index (χ4v) is 5.16. The van der Waals surface area contributed by atoms with Gasteiger partial charge in [-0.25, -0.2) is 8.78 Å². The molecule has 0 spiro atoms. The van der Waals surface area contributed by atoms with Gasteiger partial charge in [-0.15, -0.1) is 0 Å². The maximum atomic E-state index is 13.6. The first kappa shape index (κ1) is 21.9. The number of H-pyrrole nitrogens is 2. The molecule has 5 aromatic heterocycles. The molecule has 2 N–H and O–H groups in total. The number of hydrogen-bond acceptors (Lipinski definition) is 5. The van der Waals surface area contributed by atoms with Crippen LogP contribution in [0.3, 0.4) is 0 Å². The molecule has 0 amide bonds. The van der Waals surface area contributed by atoms with E-state index in [0.717, 1.165) is 61.0 Å². The largest absolute Gasteiger partial charge is 0.472 e. The Labute approximate surface area is 210 Å². The summed E-state index contributed by atoms with van der Waals surface area (Å²) in [6.07, 6.45) is 10.4. The Morgan fingerprint density at radius 3 is 2.68 bits per heavy atom. The van der Waals surface area contributed by atoms with Crippen molar-refractivity contribution in [1.82, 2.24) is 30.0 Å². The Bertz CT molecular complexity index is 1740. The number of hydrogen-bond donors (Lipinski definition) is 2. The molecule has 0 bridgehead atoms. The molecule has 1 saturated heterocycles. The standard InChI is InChI=1S/C28H22F2N6O/c29-28(30)4-5-36(16-28)14-17-7-20(11-31-10-17)18-1-2-24-22(8-18)27(35-34-24)25-9-21-23(19-3-6-37-15-19)12-32-13-26(21)33-25/h1-3,6-13,15,33H,4-5,14,16H2,(H,34,35). The number of nitrogens with one attached hydrogen (secondary N) is 2. The van der Waals surface area contributed by atoms with Crippen molar-refractivity contribution in [2.24, 2.45) is 0 Å². The molecule has 1 fully saturated rings. The van der Waals surface area contributed by atoms with Crippen molar-refractivity contribution in [2.45, 2.75) is 18.9 Å². The zero-order valence-corrected chi connectivity index (χ0v) is 19.7. The van der Waals surface area contributed by atoms with Crippen LogP contribution in [-0.2, 0) is 6.54 Å². The van der Waals surface area contributed by atoms with Gasteiger partial charge in [0, 0.05) is 65.6 Å². The average Bonchev–Trinajstić information content (AvgIpc) is 3.69. The number of likely N-dealkylation sites (tertiary alicyclic amines) is 1. The highest BCUT2D eigenvalue weighted by atomic mass is 19.3. The maximum Gasteiger partial charge on any atom is 0.261 e. The number of pyridine rings is 2. The van der Waals surface area contributed by atoms with Crippen molar-refractivity contribution in [3.63, 3.8) is 0 Å². The monoisotopic (exact) mass is 496 g/mol. The van der Waals surface area contributed by atoms with Gasteiger partial charge in [0.15, 0.2) is 0 Å². The van der Waals surface area contributed by atoms with Crippen LogP contribution in [0.5, 0.6) is 0 Å². The summed E-state index contributed by atoms with van der Waals surface area (Å²) >= 11 is 0. The number of fused-ring (bicyclic) bond motifs is 2. The molecule has 7 rings (SSSR count). The SMILES string of the molecule is FC1(F)CCN(Cc2cncc(-c3ccc4[nH]nc(-c5cc6c(-c7ccoc7)cncc6[nH]5)c4c3)c2)C1.